The maximum Gasteiger partial charge on any atom is 0.135 e. The lowest BCUT2D eigenvalue weighted by Crippen LogP contribution is -2.07. The summed E-state index contributed by atoms with van der Waals surface area (Å²) in [5.41, 5.74) is 6.70. The number of hydrogen-bond acceptors (Lipinski definition) is 1. The second-order valence-corrected chi connectivity index (χ2v) is 9.28. The molecule has 31 heavy (non-hydrogen) atoms. The van der Waals surface area contributed by atoms with Crippen molar-refractivity contribution in [2.45, 2.75) is 65.4 Å². The molecule has 0 saturated carbocycles. The fourth-order valence-corrected chi connectivity index (χ4v) is 5.10. The van der Waals surface area contributed by atoms with Crippen LogP contribution in [0, 0.1) is 0 Å². The van der Waals surface area contributed by atoms with Crippen molar-refractivity contribution in [2.24, 2.45) is 0 Å². The maximum atomic E-state index is 6.41. The SMILES string of the molecule is CCCC(C)c1ccc2c3c(ccc2c1)-c1ccc2cc(C(C)CC)ccc2c1OC3. The molecule has 0 aromatic heterocycles. The molecule has 1 aliphatic heterocycles. The van der Waals surface area contributed by atoms with Crippen molar-refractivity contribution in [2.75, 3.05) is 0 Å². The molecule has 0 amide bonds. The van der Waals surface area contributed by atoms with E-state index in [2.05, 4.69) is 88.4 Å². The van der Waals surface area contributed by atoms with Gasteiger partial charge in [-0.2, -0.15) is 0 Å². The Morgan fingerprint density at radius 3 is 2.10 bits per heavy atom. The van der Waals surface area contributed by atoms with Gasteiger partial charge in [0.1, 0.15) is 12.4 Å². The summed E-state index contributed by atoms with van der Waals surface area (Å²) >= 11 is 0. The van der Waals surface area contributed by atoms with Gasteiger partial charge in [0.2, 0.25) is 0 Å². The molecule has 0 fully saturated rings. The number of benzene rings is 4. The number of rotatable bonds is 5. The molecular formula is C30H32O. The molecule has 0 saturated heterocycles. The van der Waals surface area contributed by atoms with E-state index in [4.69, 9.17) is 4.74 Å². The van der Waals surface area contributed by atoms with Crippen molar-refractivity contribution in [1.82, 2.24) is 0 Å². The van der Waals surface area contributed by atoms with Crippen LogP contribution in [0.3, 0.4) is 0 Å². The second-order valence-electron chi connectivity index (χ2n) is 9.28. The van der Waals surface area contributed by atoms with E-state index < -0.39 is 0 Å². The normalized spacial score (nSPS) is 14.7. The lowest BCUT2D eigenvalue weighted by Gasteiger charge is -2.24. The zero-order valence-electron chi connectivity index (χ0n) is 19.2. The first-order valence-corrected chi connectivity index (χ1v) is 11.9. The van der Waals surface area contributed by atoms with Crippen LogP contribution in [0.25, 0.3) is 32.7 Å². The molecule has 158 valence electrons. The molecule has 0 spiro atoms. The number of fused-ring (bicyclic) bond motifs is 7. The zero-order chi connectivity index (χ0) is 21.5. The van der Waals surface area contributed by atoms with Crippen molar-refractivity contribution < 1.29 is 4.74 Å². The number of hydrogen-bond donors (Lipinski definition) is 0. The average Bonchev–Trinajstić information content (AvgIpc) is 2.82. The molecule has 2 unspecified atom stereocenters. The minimum absolute atomic E-state index is 0.582. The van der Waals surface area contributed by atoms with E-state index >= 15 is 0 Å². The lowest BCUT2D eigenvalue weighted by atomic mass is 9.88. The average molecular weight is 409 g/mol. The Kier molecular flexibility index (Phi) is 5.22. The van der Waals surface area contributed by atoms with E-state index in [0.29, 0.717) is 18.4 Å². The predicted octanol–water partition coefficient (Wildman–Crippen LogP) is 8.97. The zero-order valence-corrected chi connectivity index (χ0v) is 19.2. The van der Waals surface area contributed by atoms with Crippen LogP contribution >= 0.6 is 0 Å². The second kappa shape index (κ2) is 8.04. The molecule has 4 aromatic rings. The van der Waals surface area contributed by atoms with Crippen LogP contribution in [0.5, 0.6) is 5.75 Å². The highest BCUT2D eigenvalue weighted by atomic mass is 16.5. The smallest absolute Gasteiger partial charge is 0.135 e. The quantitative estimate of drug-likeness (QED) is 0.320. The van der Waals surface area contributed by atoms with Crippen LogP contribution in [0.2, 0.25) is 0 Å². The van der Waals surface area contributed by atoms with Gasteiger partial charge < -0.3 is 4.74 Å². The van der Waals surface area contributed by atoms with Crippen LogP contribution in [0.15, 0.2) is 60.7 Å². The van der Waals surface area contributed by atoms with Gasteiger partial charge in [-0.25, -0.2) is 0 Å². The van der Waals surface area contributed by atoms with Crippen LogP contribution < -0.4 is 4.74 Å². The van der Waals surface area contributed by atoms with Gasteiger partial charge in [0.25, 0.3) is 0 Å². The molecular weight excluding hydrogens is 376 g/mol. The minimum Gasteiger partial charge on any atom is -0.488 e. The van der Waals surface area contributed by atoms with Gasteiger partial charge in [0.05, 0.1) is 0 Å². The predicted molar refractivity (Wildman–Crippen MR) is 133 cm³/mol. The van der Waals surface area contributed by atoms with Crippen LogP contribution in [0.1, 0.15) is 75.5 Å². The molecule has 0 radical (unpaired) electrons. The first-order chi connectivity index (χ1) is 15.1. The Labute approximate surface area is 186 Å². The Morgan fingerprint density at radius 1 is 0.742 bits per heavy atom. The van der Waals surface area contributed by atoms with Crippen molar-refractivity contribution >= 4 is 21.5 Å². The van der Waals surface area contributed by atoms with Gasteiger partial charge in [-0.1, -0.05) is 94.8 Å². The minimum atomic E-state index is 0.582. The monoisotopic (exact) mass is 408 g/mol. The van der Waals surface area contributed by atoms with E-state index in [1.165, 1.54) is 62.2 Å². The molecule has 1 heteroatoms. The van der Waals surface area contributed by atoms with Crippen molar-refractivity contribution in [3.63, 3.8) is 0 Å². The van der Waals surface area contributed by atoms with E-state index in [1.54, 1.807) is 0 Å². The molecule has 1 heterocycles. The summed E-state index contributed by atoms with van der Waals surface area (Å²) in [5.74, 6) is 2.22. The van der Waals surface area contributed by atoms with E-state index in [-0.39, 0.29) is 0 Å². The standard InChI is InChI=1S/C30H32O/c1-5-7-20(4)22-8-12-25-23(17-22)10-14-27-28-15-11-24-16-21(19(3)6-2)9-13-26(24)30(28)31-18-29(25)27/h8-17,19-20H,5-7,18H2,1-4H3. The summed E-state index contributed by atoms with van der Waals surface area (Å²) in [4.78, 5) is 0. The Hall–Kier alpha value is -2.80. The Morgan fingerprint density at radius 2 is 1.39 bits per heavy atom. The summed E-state index contributed by atoms with van der Waals surface area (Å²) < 4.78 is 6.41. The highest BCUT2D eigenvalue weighted by Gasteiger charge is 2.22. The third-order valence-electron chi connectivity index (χ3n) is 7.27. The first kappa shape index (κ1) is 20.1. The van der Waals surface area contributed by atoms with Gasteiger partial charge in [-0.15, -0.1) is 0 Å². The summed E-state index contributed by atoms with van der Waals surface area (Å²) in [6.45, 7) is 9.78. The Bertz CT molecular complexity index is 1270. The maximum absolute atomic E-state index is 6.41. The Balaban J connectivity index is 1.61. The van der Waals surface area contributed by atoms with E-state index in [0.717, 1.165) is 12.2 Å². The highest BCUT2D eigenvalue weighted by molar-refractivity contribution is 6.00. The van der Waals surface area contributed by atoms with Crippen molar-refractivity contribution in [3.8, 4) is 16.9 Å². The van der Waals surface area contributed by atoms with Crippen LogP contribution in [0.4, 0.5) is 0 Å². The molecule has 5 rings (SSSR count). The van der Waals surface area contributed by atoms with E-state index in [1.807, 2.05) is 0 Å². The summed E-state index contributed by atoms with van der Waals surface area (Å²) in [6.07, 6.45) is 3.62. The number of ether oxygens (including phenoxy) is 1. The molecule has 4 aromatic carbocycles. The first-order valence-electron chi connectivity index (χ1n) is 11.9. The molecule has 0 bridgehead atoms. The topological polar surface area (TPSA) is 9.23 Å². The molecule has 2 atom stereocenters. The molecule has 1 nitrogen and oxygen atoms in total. The molecule has 0 N–H and O–H groups in total. The molecule has 1 aliphatic rings. The summed E-state index contributed by atoms with van der Waals surface area (Å²) in [5, 5.41) is 5.14. The van der Waals surface area contributed by atoms with Crippen molar-refractivity contribution in [1.29, 1.82) is 0 Å². The summed E-state index contributed by atoms with van der Waals surface area (Å²) in [6, 6.07) is 23.0. The van der Waals surface area contributed by atoms with Crippen LogP contribution in [-0.4, -0.2) is 0 Å². The summed E-state index contributed by atoms with van der Waals surface area (Å²) in [7, 11) is 0. The van der Waals surface area contributed by atoms with E-state index in [9.17, 15) is 0 Å². The highest BCUT2D eigenvalue weighted by Crippen LogP contribution is 2.45. The van der Waals surface area contributed by atoms with Crippen LogP contribution in [-0.2, 0) is 6.61 Å². The van der Waals surface area contributed by atoms with Gasteiger partial charge in [0.15, 0.2) is 0 Å². The van der Waals surface area contributed by atoms with Gasteiger partial charge >= 0.3 is 0 Å². The fraction of sp³-hybridized carbons (Fsp3) is 0.333. The van der Waals surface area contributed by atoms with Gasteiger partial charge in [-0.3, -0.25) is 0 Å². The fourth-order valence-electron chi connectivity index (χ4n) is 5.10. The lowest BCUT2D eigenvalue weighted by molar-refractivity contribution is 0.308. The van der Waals surface area contributed by atoms with Crippen molar-refractivity contribution in [3.05, 3.63) is 77.4 Å². The third-order valence-corrected chi connectivity index (χ3v) is 7.27. The third kappa shape index (κ3) is 3.41. The van der Waals surface area contributed by atoms with Gasteiger partial charge in [-0.05, 0) is 57.5 Å². The van der Waals surface area contributed by atoms with Gasteiger partial charge in [0, 0.05) is 16.5 Å². The molecule has 0 aliphatic carbocycles. The largest absolute Gasteiger partial charge is 0.488 e.